The van der Waals surface area contributed by atoms with E-state index in [-0.39, 0.29) is 18.6 Å². The highest BCUT2D eigenvalue weighted by atomic mass is 16.5. The number of carbonyl (C=O) groups excluding carboxylic acids is 2. The topological polar surface area (TPSA) is 55.4 Å². The number of nitrogens with one attached hydrogen (secondary N) is 1. The van der Waals surface area contributed by atoms with Crippen molar-refractivity contribution < 1.29 is 14.3 Å². The first-order valence-corrected chi connectivity index (χ1v) is 8.39. The van der Waals surface area contributed by atoms with Crippen molar-refractivity contribution in [2.24, 2.45) is 0 Å². The highest BCUT2D eigenvalue weighted by Gasteiger charge is 2.15. The second-order valence-corrected chi connectivity index (χ2v) is 6.53. The van der Waals surface area contributed by atoms with Crippen LogP contribution in [0.5, 0.6) is 0 Å². The molecule has 132 valence electrons. The number of hydrogen-bond donors (Lipinski definition) is 1. The maximum Gasteiger partial charge on any atom is 0.338 e. The van der Waals surface area contributed by atoms with Gasteiger partial charge in [0.05, 0.1) is 11.6 Å². The SMILES string of the molecule is Cc1ccc(C)c(C(=O)OCC(=O)N[C@@H](C)c2ccc(C)c(C)c2)c1. The van der Waals surface area contributed by atoms with Crippen LogP contribution in [-0.2, 0) is 9.53 Å². The summed E-state index contributed by atoms with van der Waals surface area (Å²) in [6.45, 7) is 9.47. The van der Waals surface area contributed by atoms with E-state index in [0.717, 1.165) is 16.7 Å². The number of aryl methyl sites for hydroxylation is 4. The minimum atomic E-state index is -0.477. The van der Waals surface area contributed by atoms with E-state index < -0.39 is 5.97 Å². The predicted octanol–water partition coefficient (Wildman–Crippen LogP) is 3.95. The Morgan fingerprint density at radius 1 is 0.960 bits per heavy atom. The van der Waals surface area contributed by atoms with Crippen LogP contribution >= 0.6 is 0 Å². The molecule has 25 heavy (non-hydrogen) atoms. The number of amides is 1. The number of hydrogen-bond acceptors (Lipinski definition) is 3. The molecule has 0 fully saturated rings. The van der Waals surface area contributed by atoms with Gasteiger partial charge in [-0.05, 0) is 62.9 Å². The Balaban J connectivity index is 1.92. The molecule has 1 atom stereocenters. The molecule has 2 rings (SSSR count). The van der Waals surface area contributed by atoms with Crippen molar-refractivity contribution in [1.82, 2.24) is 5.32 Å². The summed E-state index contributed by atoms with van der Waals surface area (Å²) in [6, 6.07) is 11.5. The summed E-state index contributed by atoms with van der Waals surface area (Å²) < 4.78 is 5.15. The lowest BCUT2D eigenvalue weighted by Gasteiger charge is -2.16. The van der Waals surface area contributed by atoms with Crippen molar-refractivity contribution >= 4 is 11.9 Å². The molecule has 0 heterocycles. The zero-order valence-electron chi connectivity index (χ0n) is 15.5. The van der Waals surface area contributed by atoms with Crippen LogP contribution in [0.1, 0.15) is 51.1 Å². The molecule has 0 radical (unpaired) electrons. The molecule has 1 N–H and O–H groups in total. The van der Waals surface area contributed by atoms with Crippen LogP contribution in [0.2, 0.25) is 0 Å². The third-order valence-corrected chi connectivity index (χ3v) is 4.36. The van der Waals surface area contributed by atoms with Gasteiger partial charge in [0.2, 0.25) is 0 Å². The summed E-state index contributed by atoms with van der Waals surface area (Å²) in [5.41, 5.74) is 5.72. The van der Waals surface area contributed by atoms with Gasteiger partial charge in [-0.3, -0.25) is 4.79 Å². The van der Waals surface area contributed by atoms with Crippen LogP contribution in [0.4, 0.5) is 0 Å². The number of benzene rings is 2. The molecule has 0 saturated carbocycles. The van der Waals surface area contributed by atoms with E-state index in [1.807, 2.05) is 52.0 Å². The Kier molecular flexibility index (Phi) is 5.97. The summed E-state index contributed by atoms with van der Waals surface area (Å²) in [7, 11) is 0. The zero-order valence-corrected chi connectivity index (χ0v) is 15.5. The smallest absolute Gasteiger partial charge is 0.338 e. The molecular formula is C21H25NO3. The molecule has 4 heteroatoms. The Morgan fingerprint density at radius 3 is 2.32 bits per heavy atom. The summed E-state index contributed by atoms with van der Waals surface area (Å²) in [4.78, 5) is 24.2. The first-order chi connectivity index (χ1) is 11.8. The van der Waals surface area contributed by atoms with Crippen LogP contribution in [-0.4, -0.2) is 18.5 Å². The fourth-order valence-electron chi connectivity index (χ4n) is 2.57. The van der Waals surface area contributed by atoms with E-state index in [2.05, 4.69) is 18.3 Å². The monoisotopic (exact) mass is 339 g/mol. The Morgan fingerprint density at radius 2 is 1.64 bits per heavy atom. The van der Waals surface area contributed by atoms with E-state index in [9.17, 15) is 9.59 Å². The minimum absolute atomic E-state index is 0.147. The molecule has 2 aromatic rings. The largest absolute Gasteiger partial charge is 0.452 e. The third kappa shape index (κ3) is 4.92. The van der Waals surface area contributed by atoms with Gasteiger partial charge in [0.25, 0.3) is 5.91 Å². The first-order valence-electron chi connectivity index (χ1n) is 8.39. The summed E-state index contributed by atoms with van der Waals surface area (Å²) in [6.07, 6.45) is 0. The lowest BCUT2D eigenvalue weighted by molar-refractivity contribution is -0.124. The van der Waals surface area contributed by atoms with Crippen molar-refractivity contribution in [3.63, 3.8) is 0 Å². The van der Waals surface area contributed by atoms with Gasteiger partial charge in [0.15, 0.2) is 6.61 Å². The van der Waals surface area contributed by atoms with E-state index in [4.69, 9.17) is 4.74 Å². The standard InChI is InChI=1S/C21H25NO3/c1-13-6-7-15(3)19(10-13)21(24)25-12-20(23)22-17(5)18-9-8-14(2)16(4)11-18/h6-11,17H,12H2,1-5H3,(H,22,23)/t17-/m0/s1. The minimum Gasteiger partial charge on any atom is -0.452 e. The van der Waals surface area contributed by atoms with Gasteiger partial charge in [-0.15, -0.1) is 0 Å². The van der Waals surface area contributed by atoms with E-state index in [1.165, 1.54) is 11.1 Å². The number of rotatable bonds is 5. The zero-order chi connectivity index (χ0) is 18.6. The first kappa shape index (κ1) is 18.7. The lowest BCUT2D eigenvalue weighted by atomic mass is 10.0. The van der Waals surface area contributed by atoms with E-state index in [0.29, 0.717) is 5.56 Å². The number of ether oxygens (including phenoxy) is 1. The summed E-state index contributed by atoms with van der Waals surface area (Å²) >= 11 is 0. The molecule has 0 spiro atoms. The quantitative estimate of drug-likeness (QED) is 0.839. The second kappa shape index (κ2) is 7.97. The molecule has 0 aliphatic rings. The van der Waals surface area contributed by atoms with Gasteiger partial charge < -0.3 is 10.1 Å². The average molecular weight is 339 g/mol. The molecule has 0 unspecified atom stereocenters. The van der Waals surface area contributed by atoms with Crippen LogP contribution in [0.25, 0.3) is 0 Å². The molecule has 1 amide bonds. The van der Waals surface area contributed by atoms with Crippen LogP contribution in [0, 0.1) is 27.7 Å². The maximum atomic E-state index is 12.2. The fourth-order valence-corrected chi connectivity index (χ4v) is 2.57. The van der Waals surface area contributed by atoms with Crippen LogP contribution in [0.3, 0.4) is 0 Å². The second-order valence-electron chi connectivity index (χ2n) is 6.53. The van der Waals surface area contributed by atoms with Crippen LogP contribution in [0.15, 0.2) is 36.4 Å². The lowest BCUT2D eigenvalue weighted by Crippen LogP contribution is -2.31. The summed E-state index contributed by atoms with van der Waals surface area (Å²) in [5.74, 6) is -0.792. The fraction of sp³-hybridized carbons (Fsp3) is 0.333. The van der Waals surface area contributed by atoms with E-state index >= 15 is 0 Å². The van der Waals surface area contributed by atoms with Crippen molar-refractivity contribution in [3.05, 3.63) is 69.8 Å². The van der Waals surface area contributed by atoms with Gasteiger partial charge in [0.1, 0.15) is 0 Å². The van der Waals surface area contributed by atoms with Crippen LogP contribution < -0.4 is 5.32 Å². The summed E-state index contributed by atoms with van der Waals surface area (Å²) in [5, 5.41) is 2.86. The number of esters is 1. The molecular weight excluding hydrogens is 314 g/mol. The van der Waals surface area contributed by atoms with Gasteiger partial charge in [-0.25, -0.2) is 4.79 Å². The van der Waals surface area contributed by atoms with Gasteiger partial charge in [0, 0.05) is 0 Å². The molecule has 0 saturated heterocycles. The van der Waals surface area contributed by atoms with Crippen molar-refractivity contribution in [2.75, 3.05) is 6.61 Å². The molecule has 0 aliphatic carbocycles. The van der Waals surface area contributed by atoms with Gasteiger partial charge in [-0.1, -0.05) is 35.9 Å². The molecule has 0 aliphatic heterocycles. The Labute approximate surface area is 149 Å². The highest BCUT2D eigenvalue weighted by Crippen LogP contribution is 2.17. The average Bonchev–Trinajstić information content (AvgIpc) is 2.57. The molecule has 2 aromatic carbocycles. The predicted molar refractivity (Wildman–Crippen MR) is 98.7 cm³/mol. The van der Waals surface area contributed by atoms with Crippen molar-refractivity contribution in [1.29, 1.82) is 0 Å². The van der Waals surface area contributed by atoms with Gasteiger partial charge in [-0.2, -0.15) is 0 Å². The number of carbonyl (C=O) groups is 2. The third-order valence-electron chi connectivity index (χ3n) is 4.36. The Bertz CT molecular complexity index is 796. The maximum absolute atomic E-state index is 12.2. The normalized spacial score (nSPS) is 11.7. The van der Waals surface area contributed by atoms with Gasteiger partial charge >= 0.3 is 5.97 Å². The van der Waals surface area contributed by atoms with Crippen molar-refractivity contribution in [3.8, 4) is 0 Å². The van der Waals surface area contributed by atoms with E-state index in [1.54, 1.807) is 6.07 Å². The van der Waals surface area contributed by atoms with Crippen molar-refractivity contribution in [2.45, 2.75) is 40.7 Å². The molecule has 4 nitrogen and oxygen atoms in total. The molecule has 0 bridgehead atoms. The Hall–Kier alpha value is -2.62. The molecule has 0 aromatic heterocycles. The highest BCUT2D eigenvalue weighted by molar-refractivity contribution is 5.92.